The first-order valence-corrected chi connectivity index (χ1v) is 7.24. The van der Waals surface area contributed by atoms with Gasteiger partial charge >= 0.3 is 0 Å². The molecule has 0 amide bonds. The summed E-state index contributed by atoms with van der Waals surface area (Å²) in [5.74, 6) is 0. The Balaban J connectivity index is 2.02. The zero-order chi connectivity index (χ0) is 11.3. The van der Waals surface area contributed by atoms with Gasteiger partial charge in [-0.3, -0.25) is 0 Å². The predicted molar refractivity (Wildman–Crippen MR) is 59.1 cm³/mol. The Morgan fingerprint density at radius 3 is 2.60 bits per heavy atom. The number of aliphatic hydroxyl groups is 1. The van der Waals surface area contributed by atoms with Crippen molar-refractivity contribution in [1.82, 2.24) is 10.0 Å². The molecule has 3 N–H and O–H groups in total. The number of hydrogen-bond donors (Lipinski definition) is 3. The van der Waals surface area contributed by atoms with Crippen LogP contribution in [0.25, 0.3) is 0 Å². The van der Waals surface area contributed by atoms with Crippen LogP contribution in [0, 0.1) is 0 Å². The Morgan fingerprint density at radius 2 is 2.07 bits per heavy atom. The fourth-order valence-electron chi connectivity index (χ4n) is 1.81. The largest absolute Gasteiger partial charge is 0.392 e. The summed E-state index contributed by atoms with van der Waals surface area (Å²) < 4.78 is 23.9. The number of aliphatic hydroxyl groups excluding tert-OH is 1. The minimum atomic E-state index is -3.06. The second-order valence-electron chi connectivity index (χ2n) is 4.08. The summed E-state index contributed by atoms with van der Waals surface area (Å²) in [4.78, 5) is 0. The Hall–Kier alpha value is -0.170. The molecule has 1 fully saturated rings. The minimum Gasteiger partial charge on any atom is -0.392 e. The van der Waals surface area contributed by atoms with Crippen LogP contribution in [0.2, 0.25) is 0 Å². The highest BCUT2D eigenvalue weighted by Gasteiger charge is 2.23. The first-order valence-electron chi connectivity index (χ1n) is 5.35. The molecule has 2 unspecified atom stereocenters. The second kappa shape index (κ2) is 5.79. The summed E-state index contributed by atoms with van der Waals surface area (Å²) in [6.45, 7) is 1.19. The van der Waals surface area contributed by atoms with Crippen LogP contribution in [-0.2, 0) is 10.0 Å². The van der Waals surface area contributed by atoms with Gasteiger partial charge in [0, 0.05) is 12.6 Å². The van der Waals surface area contributed by atoms with Crippen LogP contribution in [0.5, 0.6) is 0 Å². The van der Waals surface area contributed by atoms with Gasteiger partial charge in [0.2, 0.25) is 10.0 Å². The standard InChI is InChI=1S/C9H20N2O3S/c1-15(13,14)11-7-3-6-10-8-4-2-5-9(8)12/h8-12H,2-7H2,1H3. The van der Waals surface area contributed by atoms with Crippen molar-refractivity contribution in [2.75, 3.05) is 19.3 Å². The lowest BCUT2D eigenvalue weighted by Crippen LogP contribution is -2.37. The maximum absolute atomic E-state index is 10.7. The van der Waals surface area contributed by atoms with E-state index < -0.39 is 10.0 Å². The van der Waals surface area contributed by atoms with Crippen LogP contribution in [0.1, 0.15) is 25.7 Å². The second-order valence-corrected chi connectivity index (χ2v) is 5.91. The Labute approximate surface area is 91.3 Å². The van der Waals surface area contributed by atoms with Crippen molar-refractivity contribution in [2.24, 2.45) is 0 Å². The number of rotatable bonds is 6. The molecule has 1 aliphatic carbocycles. The van der Waals surface area contributed by atoms with Gasteiger partial charge in [-0.1, -0.05) is 0 Å². The zero-order valence-corrected chi connectivity index (χ0v) is 9.89. The van der Waals surface area contributed by atoms with Gasteiger partial charge in [0.1, 0.15) is 0 Å². The number of nitrogens with one attached hydrogen (secondary N) is 2. The van der Waals surface area contributed by atoms with Crippen LogP contribution in [-0.4, -0.2) is 45.0 Å². The van der Waals surface area contributed by atoms with Gasteiger partial charge in [0.25, 0.3) is 0 Å². The van der Waals surface area contributed by atoms with Gasteiger partial charge < -0.3 is 10.4 Å². The lowest BCUT2D eigenvalue weighted by molar-refractivity contribution is 0.149. The molecule has 0 aromatic heterocycles. The molecule has 1 rings (SSSR count). The smallest absolute Gasteiger partial charge is 0.208 e. The van der Waals surface area contributed by atoms with Gasteiger partial charge in [-0.2, -0.15) is 0 Å². The summed E-state index contributed by atoms with van der Waals surface area (Å²) in [6.07, 6.45) is 4.63. The average molecular weight is 236 g/mol. The molecular weight excluding hydrogens is 216 g/mol. The minimum absolute atomic E-state index is 0.197. The van der Waals surface area contributed by atoms with E-state index in [0.29, 0.717) is 6.54 Å². The highest BCUT2D eigenvalue weighted by Crippen LogP contribution is 2.18. The monoisotopic (exact) mass is 236 g/mol. The topological polar surface area (TPSA) is 78.4 Å². The van der Waals surface area contributed by atoms with Crippen LogP contribution in [0.15, 0.2) is 0 Å². The van der Waals surface area contributed by atoms with E-state index in [2.05, 4.69) is 10.0 Å². The molecule has 0 radical (unpaired) electrons. The lowest BCUT2D eigenvalue weighted by atomic mass is 10.2. The van der Waals surface area contributed by atoms with E-state index in [1.165, 1.54) is 0 Å². The van der Waals surface area contributed by atoms with Gasteiger partial charge in [-0.25, -0.2) is 13.1 Å². The van der Waals surface area contributed by atoms with Crippen molar-refractivity contribution >= 4 is 10.0 Å². The van der Waals surface area contributed by atoms with Crippen LogP contribution in [0.3, 0.4) is 0 Å². The Morgan fingerprint density at radius 1 is 1.33 bits per heavy atom. The average Bonchev–Trinajstić information content (AvgIpc) is 2.49. The SMILES string of the molecule is CS(=O)(=O)NCCCNC1CCCC1O. The fourth-order valence-corrected chi connectivity index (χ4v) is 2.33. The van der Waals surface area contributed by atoms with E-state index in [0.717, 1.165) is 38.5 Å². The fraction of sp³-hybridized carbons (Fsp3) is 1.00. The molecule has 15 heavy (non-hydrogen) atoms. The highest BCUT2D eigenvalue weighted by atomic mass is 32.2. The van der Waals surface area contributed by atoms with E-state index in [-0.39, 0.29) is 12.1 Å². The number of sulfonamides is 1. The summed E-state index contributed by atoms with van der Waals surface area (Å²) in [5.41, 5.74) is 0. The summed E-state index contributed by atoms with van der Waals surface area (Å²) in [5, 5.41) is 12.7. The Kier molecular flexibility index (Phi) is 4.98. The third-order valence-electron chi connectivity index (χ3n) is 2.60. The van der Waals surface area contributed by atoms with Crippen LogP contribution >= 0.6 is 0 Å². The molecule has 1 saturated carbocycles. The van der Waals surface area contributed by atoms with E-state index in [9.17, 15) is 13.5 Å². The molecule has 2 atom stereocenters. The van der Waals surface area contributed by atoms with Gasteiger partial charge in [-0.05, 0) is 32.2 Å². The quantitative estimate of drug-likeness (QED) is 0.540. The molecule has 90 valence electrons. The molecule has 0 aromatic rings. The molecule has 0 aromatic carbocycles. The van der Waals surface area contributed by atoms with E-state index in [4.69, 9.17) is 0 Å². The third-order valence-corrected chi connectivity index (χ3v) is 3.33. The first-order chi connectivity index (χ1) is 6.99. The van der Waals surface area contributed by atoms with E-state index in [1.807, 2.05) is 0 Å². The molecule has 0 saturated heterocycles. The number of hydrogen-bond acceptors (Lipinski definition) is 4. The van der Waals surface area contributed by atoms with Crippen molar-refractivity contribution in [1.29, 1.82) is 0 Å². The molecular formula is C9H20N2O3S. The highest BCUT2D eigenvalue weighted by molar-refractivity contribution is 7.88. The van der Waals surface area contributed by atoms with E-state index >= 15 is 0 Å². The summed E-state index contributed by atoms with van der Waals surface area (Å²) in [7, 11) is -3.06. The lowest BCUT2D eigenvalue weighted by Gasteiger charge is -2.16. The zero-order valence-electron chi connectivity index (χ0n) is 9.07. The molecule has 0 heterocycles. The van der Waals surface area contributed by atoms with Crippen molar-refractivity contribution in [3.05, 3.63) is 0 Å². The first kappa shape index (κ1) is 12.9. The summed E-state index contributed by atoms with van der Waals surface area (Å²) >= 11 is 0. The third kappa shape index (κ3) is 5.46. The van der Waals surface area contributed by atoms with Gasteiger partial charge in [0.15, 0.2) is 0 Å². The predicted octanol–water partition coefficient (Wildman–Crippen LogP) is -0.571. The van der Waals surface area contributed by atoms with Crippen molar-refractivity contribution in [3.63, 3.8) is 0 Å². The molecule has 6 heteroatoms. The molecule has 0 aliphatic heterocycles. The van der Waals surface area contributed by atoms with Crippen LogP contribution in [0.4, 0.5) is 0 Å². The van der Waals surface area contributed by atoms with Crippen molar-refractivity contribution < 1.29 is 13.5 Å². The maximum atomic E-state index is 10.7. The van der Waals surface area contributed by atoms with Gasteiger partial charge in [0.05, 0.1) is 12.4 Å². The van der Waals surface area contributed by atoms with Crippen molar-refractivity contribution in [3.8, 4) is 0 Å². The van der Waals surface area contributed by atoms with Crippen LogP contribution < -0.4 is 10.0 Å². The van der Waals surface area contributed by atoms with E-state index in [1.54, 1.807) is 0 Å². The molecule has 0 spiro atoms. The van der Waals surface area contributed by atoms with Crippen molar-refractivity contribution in [2.45, 2.75) is 37.8 Å². The molecule has 5 nitrogen and oxygen atoms in total. The maximum Gasteiger partial charge on any atom is 0.208 e. The Bertz CT molecular complexity index is 279. The molecule has 1 aliphatic rings. The van der Waals surface area contributed by atoms with Gasteiger partial charge in [-0.15, -0.1) is 0 Å². The normalized spacial score (nSPS) is 27.1. The summed E-state index contributed by atoms with van der Waals surface area (Å²) in [6, 6.07) is 0.197. The molecule has 0 bridgehead atoms.